The number of ether oxygens (including phenoxy) is 1. The van der Waals surface area contributed by atoms with Gasteiger partial charge in [0.05, 0.1) is 6.42 Å². The molecular weight excluding hydrogens is 366 g/mol. The number of amides is 1. The third kappa shape index (κ3) is 5.77. The molecule has 0 aliphatic heterocycles. The fourth-order valence-corrected chi connectivity index (χ4v) is 3.42. The predicted molar refractivity (Wildman–Crippen MR) is 103 cm³/mol. The Morgan fingerprint density at radius 3 is 2.50 bits per heavy atom. The molecule has 1 aliphatic carbocycles. The zero-order valence-electron chi connectivity index (χ0n) is 16.2. The topological polar surface area (TPSA) is 119 Å². The Bertz CT molecular complexity index is 747. The minimum Gasteiger partial charge on any atom is -0.456 e. The number of nitrogens with zero attached hydrogens (tertiary/aromatic N) is 2. The van der Waals surface area contributed by atoms with E-state index in [0.29, 0.717) is 5.69 Å². The number of benzene rings is 1. The molecule has 9 heteroatoms. The molecule has 3 atom stereocenters. The average Bonchev–Trinajstić information content (AvgIpc) is 2.87. The second kappa shape index (κ2) is 9.29. The molecule has 1 aromatic rings. The summed E-state index contributed by atoms with van der Waals surface area (Å²) in [6.45, 7) is 0.936. The van der Waals surface area contributed by atoms with Gasteiger partial charge in [-0.25, -0.2) is 0 Å². The number of carbonyl (C=O) groups is 3. The van der Waals surface area contributed by atoms with Gasteiger partial charge in [0.2, 0.25) is 6.54 Å². The van der Waals surface area contributed by atoms with Crippen molar-refractivity contribution in [1.29, 1.82) is 0 Å². The summed E-state index contributed by atoms with van der Waals surface area (Å²) in [5.41, 5.74) is 1.54. The number of Topliss-reactive ketones (excluding diaryl/α,β-unsaturated/α-hetero) is 1. The van der Waals surface area contributed by atoms with Crippen LogP contribution in [0.25, 0.3) is 0 Å². The minimum absolute atomic E-state index is 0.149. The highest BCUT2D eigenvalue weighted by molar-refractivity contribution is 5.93. The van der Waals surface area contributed by atoms with Crippen LogP contribution < -0.4 is 10.2 Å². The van der Waals surface area contributed by atoms with Crippen molar-refractivity contribution in [2.24, 2.45) is 17.8 Å². The molecule has 9 nitrogen and oxygen atoms in total. The zero-order chi connectivity index (χ0) is 20.8. The molecule has 0 aromatic heterocycles. The predicted octanol–water partition coefficient (Wildman–Crippen LogP) is 1.74. The monoisotopic (exact) mass is 391 g/mol. The number of esters is 1. The van der Waals surface area contributed by atoms with Crippen LogP contribution in [0.1, 0.15) is 19.8 Å². The molecule has 0 heterocycles. The highest BCUT2D eigenvalue weighted by Gasteiger charge is 2.44. The molecule has 1 aromatic carbocycles. The third-order valence-electron chi connectivity index (χ3n) is 4.96. The molecule has 28 heavy (non-hydrogen) atoms. The van der Waals surface area contributed by atoms with Crippen LogP contribution >= 0.6 is 0 Å². The molecule has 1 fully saturated rings. The standard InChI is InChI=1S/C19H25N3O6/c1-12-8-17(23)15(16(12)10-22(26)27)9-19(25)28-11-18(24)20-13-4-6-14(7-5-13)21(2)3/h4-7,12,15-16H,8-11H2,1-3H3,(H,20,24)/t12-,15+,16+/m0/s1. The lowest BCUT2D eigenvalue weighted by Gasteiger charge is -2.17. The van der Waals surface area contributed by atoms with Gasteiger partial charge in [-0.15, -0.1) is 0 Å². The van der Waals surface area contributed by atoms with Gasteiger partial charge in [0.25, 0.3) is 5.91 Å². The molecule has 1 amide bonds. The van der Waals surface area contributed by atoms with Gasteiger partial charge in [0.1, 0.15) is 5.78 Å². The van der Waals surface area contributed by atoms with Gasteiger partial charge in [-0.2, -0.15) is 0 Å². The van der Waals surface area contributed by atoms with Crippen LogP contribution in [0, 0.1) is 27.9 Å². The van der Waals surface area contributed by atoms with E-state index < -0.39 is 35.2 Å². The SMILES string of the molecule is C[C@H]1CC(=O)[C@H](CC(=O)OCC(=O)Nc2ccc(N(C)C)cc2)[C@@H]1C[N+](=O)[O-]. The van der Waals surface area contributed by atoms with Crippen molar-refractivity contribution in [1.82, 2.24) is 0 Å². The van der Waals surface area contributed by atoms with Gasteiger partial charge in [0.15, 0.2) is 6.61 Å². The number of ketones is 1. The van der Waals surface area contributed by atoms with Crippen LogP contribution in [0.5, 0.6) is 0 Å². The van der Waals surface area contributed by atoms with Crippen molar-refractivity contribution in [2.45, 2.75) is 19.8 Å². The van der Waals surface area contributed by atoms with Crippen LogP contribution in [0.15, 0.2) is 24.3 Å². The highest BCUT2D eigenvalue weighted by Crippen LogP contribution is 2.36. The smallest absolute Gasteiger partial charge is 0.307 e. The molecular formula is C19H25N3O6. The second-order valence-electron chi connectivity index (χ2n) is 7.29. The Hall–Kier alpha value is -2.97. The van der Waals surface area contributed by atoms with Gasteiger partial charge in [-0.3, -0.25) is 24.5 Å². The van der Waals surface area contributed by atoms with E-state index in [1.807, 2.05) is 31.1 Å². The maximum atomic E-state index is 12.1. The fourth-order valence-electron chi connectivity index (χ4n) is 3.42. The molecule has 0 bridgehead atoms. The van der Waals surface area contributed by atoms with Crippen molar-refractivity contribution >= 4 is 29.0 Å². The Kier molecular flexibility index (Phi) is 7.08. The first-order chi connectivity index (χ1) is 13.2. The molecule has 2 rings (SSSR count). The zero-order valence-corrected chi connectivity index (χ0v) is 16.2. The summed E-state index contributed by atoms with van der Waals surface area (Å²) >= 11 is 0. The molecule has 152 valence electrons. The van der Waals surface area contributed by atoms with Crippen molar-refractivity contribution in [3.05, 3.63) is 34.4 Å². The average molecular weight is 391 g/mol. The van der Waals surface area contributed by atoms with E-state index in [1.165, 1.54) is 0 Å². The lowest BCUT2D eigenvalue weighted by molar-refractivity contribution is -0.490. The van der Waals surface area contributed by atoms with Crippen molar-refractivity contribution < 1.29 is 24.0 Å². The fraction of sp³-hybridized carbons (Fsp3) is 0.526. The number of hydrogen-bond donors (Lipinski definition) is 1. The van der Waals surface area contributed by atoms with Crippen LogP contribution in [-0.2, 0) is 19.1 Å². The molecule has 1 aliphatic rings. The maximum Gasteiger partial charge on any atom is 0.307 e. The van der Waals surface area contributed by atoms with Crippen LogP contribution in [0.2, 0.25) is 0 Å². The number of carbonyl (C=O) groups excluding carboxylic acids is 3. The van der Waals surface area contributed by atoms with E-state index >= 15 is 0 Å². The molecule has 0 saturated heterocycles. The Morgan fingerprint density at radius 2 is 1.93 bits per heavy atom. The second-order valence-corrected chi connectivity index (χ2v) is 7.29. The number of rotatable bonds is 8. The van der Waals surface area contributed by atoms with E-state index in [4.69, 9.17) is 4.74 Å². The summed E-state index contributed by atoms with van der Waals surface area (Å²) in [7, 11) is 3.80. The van der Waals surface area contributed by atoms with Crippen LogP contribution in [0.3, 0.4) is 0 Å². The van der Waals surface area contributed by atoms with Crippen molar-refractivity contribution in [3.63, 3.8) is 0 Å². The van der Waals surface area contributed by atoms with Gasteiger partial charge in [-0.05, 0) is 30.2 Å². The first-order valence-corrected chi connectivity index (χ1v) is 9.04. The molecule has 1 saturated carbocycles. The Balaban J connectivity index is 1.83. The van der Waals surface area contributed by atoms with E-state index in [-0.39, 0.29) is 31.1 Å². The van der Waals surface area contributed by atoms with E-state index in [9.17, 15) is 24.5 Å². The summed E-state index contributed by atoms with van der Waals surface area (Å²) in [6, 6.07) is 7.14. The summed E-state index contributed by atoms with van der Waals surface area (Å²) in [5, 5.41) is 13.4. The van der Waals surface area contributed by atoms with Crippen molar-refractivity contribution in [2.75, 3.05) is 37.5 Å². The normalized spacial score (nSPS) is 21.2. The first kappa shape index (κ1) is 21.3. The summed E-state index contributed by atoms with van der Waals surface area (Å²) < 4.78 is 4.96. The number of nitrogens with one attached hydrogen (secondary N) is 1. The largest absolute Gasteiger partial charge is 0.456 e. The van der Waals surface area contributed by atoms with Gasteiger partial charge in [0, 0.05) is 48.7 Å². The van der Waals surface area contributed by atoms with Gasteiger partial charge < -0.3 is 15.0 Å². The molecule has 0 radical (unpaired) electrons. The quantitative estimate of drug-likeness (QED) is 0.407. The summed E-state index contributed by atoms with van der Waals surface area (Å²) in [4.78, 5) is 48.3. The Morgan fingerprint density at radius 1 is 1.29 bits per heavy atom. The third-order valence-corrected chi connectivity index (χ3v) is 4.96. The number of anilines is 2. The highest BCUT2D eigenvalue weighted by atomic mass is 16.6. The van der Waals surface area contributed by atoms with E-state index in [2.05, 4.69) is 5.32 Å². The van der Waals surface area contributed by atoms with Crippen LogP contribution in [-0.4, -0.2) is 49.8 Å². The van der Waals surface area contributed by atoms with Gasteiger partial charge in [-0.1, -0.05) is 6.92 Å². The first-order valence-electron chi connectivity index (χ1n) is 9.04. The van der Waals surface area contributed by atoms with Crippen molar-refractivity contribution in [3.8, 4) is 0 Å². The lowest BCUT2D eigenvalue weighted by Crippen LogP contribution is -2.28. The van der Waals surface area contributed by atoms with E-state index in [1.54, 1.807) is 19.1 Å². The molecule has 1 N–H and O–H groups in total. The lowest BCUT2D eigenvalue weighted by atomic mass is 9.88. The summed E-state index contributed by atoms with van der Waals surface area (Å²) in [5.74, 6) is -2.74. The van der Waals surface area contributed by atoms with Crippen LogP contribution in [0.4, 0.5) is 11.4 Å². The van der Waals surface area contributed by atoms with E-state index in [0.717, 1.165) is 5.69 Å². The molecule has 0 spiro atoms. The van der Waals surface area contributed by atoms with Gasteiger partial charge >= 0.3 is 5.97 Å². The molecule has 0 unspecified atom stereocenters. The number of hydrogen-bond acceptors (Lipinski definition) is 7. The minimum atomic E-state index is -0.727. The number of nitro groups is 1. The Labute approximate surface area is 163 Å². The maximum absolute atomic E-state index is 12.1. The summed E-state index contributed by atoms with van der Waals surface area (Å²) in [6.07, 6.45) is -0.0215.